The molecule has 1 rings (SSSR count). The molecule has 0 aliphatic carbocycles. The SMILES string of the molecule is Cc1c([N+](=O)[O-])ccc(CO)c1N. The third kappa shape index (κ3) is 1.59. The number of hydrogen-bond acceptors (Lipinski definition) is 4. The molecule has 0 spiro atoms. The molecule has 0 aliphatic rings. The second-order valence-electron chi connectivity index (χ2n) is 2.70. The van der Waals surface area contributed by atoms with Crippen LogP contribution in [-0.4, -0.2) is 10.0 Å². The summed E-state index contributed by atoms with van der Waals surface area (Å²) in [6, 6.07) is 2.80. The molecular formula is C8H10N2O3. The largest absolute Gasteiger partial charge is 0.398 e. The topological polar surface area (TPSA) is 89.4 Å². The summed E-state index contributed by atoms with van der Waals surface area (Å²) in [5.41, 5.74) is 6.75. The minimum absolute atomic E-state index is 0.0188. The highest BCUT2D eigenvalue weighted by atomic mass is 16.6. The first kappa shape index (κ1) is 9.47. The molecule has 0 saturated carbocycles. The van der Waals surface area contributed by atoms with Crippen LogP contribution >= 0.6 is 0 Å². The smallest absolute Gasteiger partial charge is 0.274 e. The van der Waals surface area contributed by atoms with Crippen molar-refractivity contribution in [2.24, 2.45) is 0 Å². The second kappa shape index (κ2) is 3.40. The number of nitrogens with zero attached hydrogens (tertiary/aromatic N) is 1. The molecule has 13 heavy (non-hydrogen) atoms. The van der Waals surface area contributed by atoms with Crippen molar-refractivity contribution in [1.82, 2.24) is 0 Å². The molecule has 5 heteroatoms. The van der Waals surface area contributed by atoms with Crippen LogP contribution in [0.1, 0.15) is 11.1 Å². The highest BCUT2D eigenvalue weighted by Gasteiger charge is 2.14. The maximum absolute atomic E-state index is 10.5. The van der Waals surface area contributed by atoms with Gasteiger partial charge in [0.05, 0.1) is 11.5 Å². The summed E-state index contributed by atoms with van der Waals surface area (Å²) in [7, 11) is 0. The van der Waals surface area contributed by atoms with Gasteiger partial charge in [-0.1, -0.05) is 0 Å². The Morgan fingerprint density at radius 3 is 2.69 bits per heavy atom. The Bertz CT molecular complexity index is 349. The average molecular weight is 182 g/mol. The molecule has 5 nitrogen and oxygen atoms in total. The van der Waals surface area contributed by atoms with Gasteiger partial charge in [0.1, 0.15) is 0 Å². The van der Waals surface area contributed by atoms with E-state index in [1.54, 1.807) is 6.92 Å². The van der Waals surface area contributed by atoms with Crippen molar-refractivity contribution in [3.8, 4) is 0 Å². The number of nitro benzene ring substituents is 1. The van der Waals surface area contributed by atoms with Crippen molar-refractivity contribution in [1.29, 1.82) is 0 Å². The van der Waals surface area contributed by atoms with E-state index in [0.717, 1.165) is 0 Å². The van der Waals surface area contributed by atoms with E-state index in [9.17, 15) is 10.1 Å². The molecule has 70 valence electrons. The molecule has 0 amide bonds. The molecular weight excluding hydrogens is 172 g/mol. The predicted molar refractivity (Wildman–Crippen MR) is 48.2 cm³/mol. The van der Waals surface area contributed by atoms with Gasteiger partial charge in [0.2, 0.25) is 0 Å². The lowest BCUT2D eigenvalue weighted by Crippen LogP contribution is -2.01. The fraction of sp³-hybridized carbons (Fsp3) is 0.250. The standard InChI is InChI=1S/C8H10N2O3/c1-5-7(10(12)13)3-2-6(4-11)8(5)9/h2-3,11H,4,9H2,1H3. The number of aliphatic hydroxyl groups excluding tert-OH is 1. The quantitative estimate of drug-likeness (QED) is 0.405. The predicted octanol–water partition coefficient (Wildman–Crippen LogP) is 0.978. The van der Waals surface area contributed by atoms with E-state index in [1.807, 2.05) is 0 Å². The molecule has 0 bridgehead atoms. The van der Waals surface area contributed by atoms with Gasteiger partial charge in [-0.2, -0.15) is 0 Å². The molecule has 0 aliphatic heterocycles. The Balaban J connectivity index is 3.31. The number of rotatable bonds is 2. The van der Waals surface area contributed by atoms with Gasteiger partial charge in [-0.05, 0) is 13.0 Å². The third-order valence-electron chi connectivity index (χ3n) is 1.94. The Hall–Kier alpha value is -1.62. The van der Waals surface area contributed by atoms with E-state index in [-0.39, 0.29) is 18.0 Å². The molecule has 1 aromatic rings. The molecule has 1 aromatic carbocycles. The van der Waals surface area contributed by atoms with Crippen LogP contribution < -0.4 is 5.73 Å². The number of aliphatic hydroxyl groups is 1. The van der Waals surface area contributed by atoms with Crippen LogP contribution in [0, 0.1) is 17.0 Å². The lowest BCUT2D eigenvalue weighted by molar-refractivity contribution is -0.385. The third-order valence-corrected chi connectivity index (χ3v) is 1.94. The Morgan fingerprint density at radius 1 is 1.62 bits per heavy atom. The van der Waals surface area contributed by atoms with Gasteiger partial charge >= 0.3 is 0 Å². The number of anilines is 1. The molecule has 0 heterocycles. The van der Waals surface area contributed by atoms with Crippen molar-refractivity contribution >= 4 is 11.4 Å². The van der Waals surface area contributed by atoms with Gasteiger partial charge in [0.25, 0.3) is 5.69 Å². The van der Waals surface area contributed by atoms with Gasteiger partial charge in [-0.25, -0.2) is 0 Å². The summed E-state index contributed by atoms with van der Waals surface area (Å²) >= 11 is 0. The fourth-order valence-electron chi connectivity index (χ4n) is 1.11. The average Bonchev–Trinajstić information content (AvgIpc) is 2.09. The van der Waals surface area contributed by atoms with Crippen LogP contribution in [0.5, 0.6) is 0 Å². The maximum atomic E-state index is 10.5. The lowest BCUT2D eigenvalue weighted by atomic mass is 10.1. The monoisotopic (exact) mass is 182 g/mol. The first-order valence-electron chi connectivity index (χ1n) is 3.71. The van der Waals surface area contributed by atoms with E-state index >= 15 is 0 Å². The zero-order valence-corrected chi connectivity index (χ0v) is 7.15. The zero-order valence-electron chi connectivity index (χ0n) is 7.15. The van der Waals surface area contributed by atoms with E-state index < -0.39 is 4.92 Å². The zero-order chi connectivity index (χ0) is 10.0. The molecule has 0 fully saturated rings. The minimum Gasteiger partial charge on any atom is -0.398 e. The summed E-state index contributed by atoms with van der Waals surface area (Å²) in [4.78, 5) is 9.97. The summed E-state index contributed by atoms with van der Waals surface area (Å²) in [5.74, 6) is 0. The summed E-state index contributed by atoms with van der Waals surface area (Å²) in [6.45, 7) is 1.36. The Kier molecular flexibility index (Phi) is 2.48. The van der Waals surface area contributed by atoms with Crippen LogP contribution in [0.25, 0.3) is 0 Å². The van der Waals surface area contributed by atoms with Crippen LogP contribution in [0.4, 0.5) is 11.4 Å². The molecule has 0 atom stereocenters. The molecule has 3 N–H and O–H groups in total. The second-order valence-corrected chi connectivity index (χ2v) is 2.70. The van der Waals surface area contributed by atoms with E-state index in [4.69, 9.17) is 10.8 Å². The van der Waals surface area contributed by atoms with Crippen molar-refractivity contribution in [3.63, 3.8) is 0 Å². The summed E-state index contributed by atoms with van der Waals surface area (Å²) in [6.07, 6.45) is 0. The van der Waals surface area contributed by atoms with Crippen LogP contribution in [0.15, 0.2) is 12.1 Å². The van der Waals surface area contributed by atoms with Crippen molar-refractivity contribution in [2.75, 3.05) is 5.73 Å². The lowest BCUT2D eigenvalue weighted by Gasteiger charge is -2.05. The van der Waals surface area contributed by atoms with E-state index in [2.05, 4.69) is 0 Å². The summed E-state index contributed by atoms with van der Waals surface area (Å²) in [5, 5.41) is 19.3. The number of nitro groups is 1. The number of nitrogens with two attached hydrogens (primary N) is 1. The maximum Gasteiger partial charge on any atom is 0.274 e. The van der Waals surface area contributed by atoms with Gasteiger partial charge < -0.3 is 10.8 Å². The molecule has 0 aromatic heterocycles. The first-order valence-corrected chi connectivity index (χ1v) is 3.71. The van der Waals surface area contributed by atoms with Crippen LogP contribution in [0.2, 0.25) is 0 Å². The van der Waals surface area contributed by atoms with Gasteiger partial charge in [-0.15, -0.1) is 0 Å². The van der Waals surface area contributed by atoms with Crippen LogP contribution in [0.3, 0.4) is 0 Å². The first-order chi connectivity index (χ1) is 6.07. The van der Waals surface area contributed by atoms with Gasteiger partial charge in [0, 0.05) is 22.9 Å². The Morgan fingerprint density at radius 2 is 2.23 bits per heavy atom. The molecule has 0 unspecified atom stereocenters. The Labute approximate surface area is 74.9 Å². The number of nitrogen functional groups attached to an aromatic ring is 1. The number of benzene rings is 1. The van der Waals surface area contributed by atoms with Crippen molar-refractivity contribution in [2.45, 2.75) is 13.5 Å². The van der Waals surface area contributed by atoms with Crippen molar-refractivity contribution < 1.29 is 10.0 Å². The van der Waals surface area contributed by atoms with Crippen molar-refractivity contribution in [3.05, 3.63) is 33.4 Å². The highest BCUT2D eigenvalue weighted by Crippen LogP contribution is 2.26. The highest BCUT2D eigenvalue weighted by molar-refractivity contribution is 5.61. The minimum atomic E-state index is -0.493. The van der Waals surface area contributed by atoms with Gasteiger partial charge in [-0.3, -0.25) is 10.1 Å². The van der Waals surface area contributed by atoms with E-state index in [0.29, 0.717) is 11.1 Å². The number of hydrogen-bond donors (Lipinski definition) is 2. The normalized spacial score (nSPS) is 10.0. The summed E-state index contributed by atoms with van der Waals surface area (Å²) < 4.78 is 0. The van der Waals surface area contributed by atoms with Gasteiger partial charge in [0.15, 0.2) is 0 Å². The molecule has 0 radical (unpaired) electrons. The molecule has 0 saturated heterocycles. The van der Waals surface area contributed by atoms with E-state index in [1.165, 1.54) is 12.1 Å². The van der Waals surface area contributed by atoms with Crippen LogP contribution in [-0.2, 0) is 6.61 Å². The fourth-order valence-corrected chi connectivity index (χ4v) is 1.11.